The number of aromatic nitrogens is 2. The van der Waals surface area contributed by atoms with Gasteiger partial charge in [-0.05, 0) is 27.3 Å². The van der Waals surface area contributed by atoms with Gasteiger partial charge in [-0.2, -0.15) is 0 Å². The van der Waals surface area contributed by atoms with E-state index in [2.05, 4.69) is 40.5 Å². The number of hydrogen-bond donors (Lipinski definition) is 0. The van der Waals surface area contributed by atoms with Gasteiger partial charge in [0.05, 0.1) is 5.71 Å². The number of hydrogen-bond acceptors (Lipinski definition) is 4. The van der Waals surface area contributed by atoms with Gasteiger partial charge in [-0.1, -0.05) is 47.6 Å². The number of fused-ring (bicyclic) bond motifs is 3. The van der Waals surface area contributed by atoms with Gasteiger partial charge in [0.25, 0.3) is 0 Å². The summed E-state index contributed by atoms with van der Waals surface area (Å²) in [5.41, 5.74) is 0.710. The molecular formula is C18H13N3O2. The molecule has 0 atom stereocenters. The van der Waals surface area contributed by atoms with Gasteiger partial charge in [0.1, 0.15) is 6.33 Å². The van der Waals surface area contributed by atoms with Crippen molar-refractivity contribution in [3.05, 3.63) is 65.6 Å². The fraction of sp³-hybridized carbons (Fsp3) is 0.0556. The molecule has 0 bridgehead atoms. The number of carbonyl (C=O) groups is 1. The van der Waals surface area contributed by atoms with Crippen molar-refractivity contribution >= 4 is 34.7 Å². The zero-order valence-electron chi connectivity index (χ0n) is 12.2. The van der Waals surface area contributed by atoms with E-state index in [4.69, 9.17) is 4.84 Å². The predicted octanol–water partition coefficient (Wildman–Crippen LogP) is 2.04. The molecular weight excluding hydrogens is 290 g/mol. The fourth-order valence-corrected chi connectivity index (χ4v) is 2.67. The van der Waals surface area contributed by atoms with Crippen LogP contribution in [0.2, 0.25) is 0 Å². The van der Waals surface area contributed by atoms with Gasteiger partial charge in [0, 0.05) is 18.8 Å². The summed E-state index contributed by atoms with van der Waals surface area (Å²) in [6, 6.07) is 12.4. The topological polar surface area (TPSA) is 56.5 Å². The Morgan fingerprint density at radius 3 is 3.00 bits per heavy atom. The first-order chi connectivity index (χ1) is 11.3. The summed E-state index contributed by atoms with van der Waals surface area (Å²) in [4.78, 5) is 20.6. The summed E-state index contributed by atoms with van der Waals surface area (Å²) in [5, 5.41) is 8.59. The Balaban J connectivity index is 1.71. The average molecular weight is 303 g/mol. The molecule has 0 unspecified atom stereocenters. The fourth-order valence-electron chi connectivity index (χ4n) is 2.67. The van der Waals surface area contributed by atoms with E-state index in [1.165, 1.54) is 33.9 Å². The quantitative estimate of drug-likeness (QED) is 0.510. The normalized spacial score (nSPS) is 14.9. The van der Waals surface area contributed by atoms with Gasteiger partial charge in [0.2, 0.25) is 0 Å². The minimum absolute atomic E-state index is 0.577. The highest BCUT2D eigenvalue weighted by atomic mass is 16.7. The summed E-state index contributed by atoms with van der Waals surface area (Å²) in [6.45, 7) is 0. The predicted molar refractivity (Wildman–Crippen MR) is 88.3 cm³/mol. The molecule has 0 radical (unpaired) electrons. The molecule has 0 saturated heterocycles. The van der Waals surface area contributed by atoms with Crippen molar-refractivity contribution < 1.29 is 9.63 Å². The molecule has 1 heterocycles. The minimum atomic E-state index is -0.577. The summed E-state index contributed by atoms with van der Waals surface area (Å²) >= 11 is 0. The van der Waals surface area contributed by atoms with Crippen molar-refractivity contribution in [2.75, 3.05) is 0 Å². The third-order valence-corrected chi connectivity index (χ3v) is 3.80. The first-order valence-electron chi connectivity index (χ1n) is 7.27. The molecule has 112 valence electrons. The van der Waals surface area contributed by atoms with Crippen LogP contribution in [0, 0.1) is 0 Å². The van der Waals surface area contributed by atoms with E-state index >= 15 is 0 Å². The number of imidazole rings is 1. The van der Waals surface area contributed by atoms with Crippen LogP contribution in [0.1, 0.15) is 6.42 Å². The smallest absolute Gasteiger partial charge is 0.297 e. The zero-order chi connectivity index (χ0) is 15.6. The Morgan fingerprint density at radius 1 is 1.22 bits per heavy atom. The second-order valence-electron chi connectivity index (χ2n) is 5.25. The Morgan fingerprint density at radius 2 is 2.13 bits per heavy atom. The van der Waals surface area contributed by atoms with Crippen LogP contribution in [-0.2, 0) is 4.84 Å². The summed E-state index contributed by atoms with van der Waals surface area (Å²) in [6.07, 6.45) is 8.51. The highest BCUT2D eigenvalue weighted by Gasteiger charge is 2.07. The number of rotatable bonds is 1. The minimum Gasteiger partial charge on any atom is -0.297 e. The van der Waals surface area contributed by atoms with Crippen molar-refractivity contribution in [1.82, 2.24) is 9.55 Å². The Bertz CT molecular complexity index is 1030. The summed E-state index contributed by atoms with van der Waals surface area (Å²) < 4.78 is 1.24. The zero-order valence-corrected chi connectivity index (χ0v) is 12.2. The standard InChI is InChI=1S/C18H13N3O2/c22-18(21-10-9-19-12-21)23-20-15-8-7-14-6-5-13-3-1-2-4-16(13)17(14)11-15/h1-7,9-12H,8H2. The monoisotopic (exact) mass is 303 g/mol. The van der Waals surface area contributed by atoms with Gasteiger partial charge in [-0.25, -0.2) is 14.3 Å². The van der Waals surface area contributed by atoms with Gasteiger partial charge < -0.3 is 0 Å². The van der Waals surface area contributed by atoms with E-state index in [-0.39, 0.29) is 0 Å². The Labute approximate surface area is 131 Å². The highest BCUT2D eigenvalue weighted by Crippen LogP contribution is 2.08. The van der Waals surface area contributed by atoms with Gasteiger partial charge in [0.15, 0.2) is 0 Å². The second-order valence-corrected chi connectivity index (χ2v) is 5.25. The molecule has 0 saturated carbocycles. The lowest BCUT2D eigenvalue weighted by atomic mass is 10.0. The van der Waals surface area contributed by atoms with Crippen LogP contribution in [0.15, 0.2) is 60.3 Å². The number of benzene rings is 2. The third-order valence-electron chi connectivity index (χ3n) is 3.80. The van der Waals surface area contributed by atoms with Crippen molar-refractivity contribution in [1.29, 1.82) is 0 Å². The lowest BCUT2D eigenvalue weighted by Gasteiger charge is -2.06. The van der Waals surface area contributed by atoms with Gasteiger partial charge in [-0.15, -0.1) is 0 Å². The summed E-state index contributed by atoms with van der Waals surface area (Å²) in [7, 11) is 0. The van der Waals surface area contributed by atoms with Crippen LogP contribution >= 0.6 is 0 Å². The lowest BCUT2D eigenvalue weighted by molar-refractivity contribution is 0.152. The Kier molecular flexibility index (Phi) is 3.24. The average Bonchev–Trinajstić information content (AvgIpc) is 3.14. The molecule has 4 rings (SSSR count). The molecule has 3 aromatic rings. The molecule has 0 fully saturated rings. The Hall–Kier alpha value is -3.21. The van der Waals surface area contributed by atoms with E-state index < -0.39 is 6.09 Å². The molecule has 0 N–H and O–H groups in total. The third kappa shape index (κ3) is 2.53. The van der Waals surface area contributed by atoms with Crippen LogP contribution in [0.5, 0.6) is 0 Å². The lowest BCUT2D eigenvalue weighted by Crippen LogP contribution is -2.29. The molecule has 0 aliphatic heterocycles. The molecule has 5 heteroatoms. The maximum atomic E-state index is 11.8. The SMILES string of the molecule is O=C(ON=C1C=c2c(ccc3ccccc23)=CC1)n1ccnc1. The van der Waals surface area contributed by atoms with Crippen LogP contribution in [0.25, 0.3) is 22.9 Å². The second kappa shape index (κ2) is 5.53. The van der Waals surface area contributed by atoms with E-state index in [1.807, 2.05) is 18.2 Å². The van der Waals surface area contributed by atoms with Crippen molar-refractivity contribution in [3.8, 4) is 0 Å². The van der Waals surface area contributed by atoms with Crippen LogP contribution in [0.3, 0.4) is 0 Å². The van der Waals surface area contributed by atoms with Crippen LogP contribution < -0.4 is 10.4 Å². The number of nitrogens with zero attached hydrogens (tertiary/aromatic N) is 3. The van der Waals surface area contributed by atoms with E-state index in [9.17, 15) is 4.79 Å². The molecule has 1 aliphatic carbocycles. The van der Waals surface area contributed by atoms with Gasteiger partial charge in [-0.3, -0.25) is 4.84 Å². The molecule has 0 spiro atoms. The van der Waals surface area contributed by atoms with E-state index in [1.54, 1.807) is 0 Å². The molecule has 1 aromatic heterocycles. The first-order valence-corrected chi connectivity index (χ1v) is 7.27. The summed E-state index contributed by atoms with van der Waals surface area (Å²) in [5.74, 6) is 0. The van der Waals surface area contributed by atoms with Gasteiger partial charge >= 0.3 is 6.09 Å². The first kappa shape index (κ1) is 13.5. The van der Waals surface area contributed by atoms with Crippen molar-refractivity contribution in [3.63, 3.8) is 0 Å². The number of carbonyl (C=O) groups excluding carboxylic acids is 1. The van der Waals surface area contributed by atoms with Crippen LogP contribution in [-0.4, -0.2) is 21.4 Å². The van der Waals surface area contributed by atoms with Crippen LogP contribution in [0.4, 0.5) is 4.79 Å². The van der Waals surface area contributed by atoms with Crippen molar-refractivity contribution in [2.45, 2.75) is 6.42 Å². The highest BCUT2D eigenvalue weighted by molar-refractivity contribution is 6.14. The van der Waals surface area contributed by atoms with E-state index in [0.29, 0.717) is 12.1 Å². The molecule has 5 nitrogen and oxygen atoms in total. The molecule has 2 aromatic carbocycles. The molecule has 23 heavy (non-hydrogen) atoms. The maximum absolute atomic E-state index is 11.8. The largest absolute Gasteiger partial charge is 0.445 e. The van der Waals surface area contributed by atoms with E-state index in [0.717, 1.165) is 10.6 Å². The number of oxime groups is 1. The van der Waals surface area contributed by atoms with Crippen molar-refractivity contribution in [2.24, 2.45) is 5.16 Å². The molecule has 0 amide bonds. The molecule has 1 aliphatic rings. The maximum Gasteiger partial charge on any atom is 0.445 e.